The summed E-state index contributed by atoms with van der Waals surface area (Å²) in [5, 5.41) is 12.1. The molecule has 0 saturated heterocycles. The minimum atomic E-state index is -0.499. The van der Waals surface area contributed by atoms with Crippen LogP contribution in [0.25, 0.3) is 17.0 Å². The van der Waals surface area contributed by atoms with Crippen molar-refractivity contribution in [2.24, 2.45) is 0 Å². The molecule has 0 aliphatic heterocycles. The molecule has 3 aromatic heterocycles. The van der Waals surface area contributed by atoms with E-state index < -0.39 is 5.91 Å². The van der Waals surface area contributed by atoms with Gasteiger partial charge in [-0.2, -0.15) is 0 Å². The second kappa shape index (κ2) is 7.09. The molecule has 1 aliphatic carbocycles. The van der Waals surface area contributed by atoms with E-state index in [0.29, 0.717) is 5.56 Å². The average Bonchev–Trinajstić information content (AvgIpc) is 3.52. The maximum atomic E-state index is 11.7. The van der Waals surface area contributed by atoms with Gasteiger partial charge in [0.05, 0.1) is 17.6 Å². The second-order valence-electron chi connectivity index (χ2n) is 7.42. The number of imidazole rings is 1. The molecule has 1 aromatic carbocycles. The molecule has 1 aliphatic rings. The zero-order chi connectivity index (χ0) is 19.8. The summed E-state index contributed by atoms with van der Waals surface area (Å²) < 4.78 is 2.06. The van der Waals surface area contributed by atoms with Crippen molar-refractivity contribution < 1.29 is 10.0 Å². The largest absolute Gasteiger partial charge is 0.298 e. The van der Waals surface area contributed by atoms with Gasteiger partial charge in [0.1, 0.15) is 10.7 Å². The van der Waals surface area contributed by atoms with Crippen LogP contribution in [0, 0.1) is 0 Å². The summed E-state index contributed by atoms with van der Waals surface area (Å²) in [6.07, 6.45) is 8.27. The molecule has 4 aromatic rings. The molecule has 6 nitrogen and oxygen atoms in total. The summed E-state index contributed by atoms with van der Waals surface area (Å²) >= 11 is 1.69. The van der Waals surface area contributed by atoms with Crippen LogP contribution in [0.1, 0.15) is 46.6 Å². The number of aromatic nitrogens is 3. The van der Waals surface area contributed by atoms with E-state index in [2.05, 4.69) is 14.8 Å². The number of thiazole rings is 1. The van der Waals surface area contributed by atoms with Gasteiger partial charge < -0.3 is 0 Å². The Balaban J connectivity index is 1.55. The molecule has 1 saturated carbocycles. The quantitative estimate of drug-likeness (QED) is 0.389. The minimum Gasteiger partial charge on any atom is -0.298 e. The van der Waals surface area contributed by atoms with Crippen molar-refractivity contribution in [2.75, 3.05) is 0 Å². The number of hydroxylamine groups is 1. The Morgan fingerprint density at radius 1 is 1.14 bits per heavy atom. The molecule has 7 heteroatoms. The Bertz CT molecular complexity index is 1170. The summed E-state index contributed by atoms with van der Waals surface area (Å²) in [5.41, 5.74) is 6.01. The molecule has 0 bridgehead atoms. The first-order valence-electron chi connectivity index (χ1n) is 9.65. The Morgan fingerprint density at radius 2 is 1.93 bits per heavy atom. The predicted octanol–water partition coefficient (Wildman–Crippen LogP) is 4.44. The molecule has 0 radical (unpaired) electrons. The lowest BCUT2D eigenvalue weighted by atomic mass is 9.79. The van der Waals surface area contributed by atoms with Crippen molar-refractivity contribution in [3.05, 3.63) is 76.4 Å². The maximum absolute atomic E-state index is 11.7. The zero-order valence-electron chi connectivity index (χ0n) is 15.7. The Morgan fingerprint density at radius 3 is 2.69 bits per heavy atom. The van der Waals surface area contributed by atoms with Gasteiger partial charge in [-0.1, -0.05) is 31.0 Å². The van der Waals surface area contributed by atoms with Crippen molar-refractivity contribution in [1.82, 2.24) is 19.8 Å². The fourth-order valence-electron chi connectivity index (χ4n) is 4.34. The molecule has 3 heterocycles. The van der Waals surface area contributed by atoms with Crippen LogP contribution < -0.4 is 5.48 Å². The number of pyridine rings is 1. The number of fused-ring (bicyclic) bond motifs is 1. The molecular formula is C22H20N4O2S. The smallest absolute Gasteiger partial charge is 0.274 e. The van der Waals surface area contributed by atoms with E-state index in [1.165, 1.54) is 5.56 Å². The first kappa shape index (κ1) is 18.0. The highest BCUT2D eigenvalue weighted by molar-refractivity contribution is 7.10. The number of nitrogens with zero attached hydrogens (tertiary/aromatic N) is 3. The van der Waals surface area contributed by atoms with Crippen LogP contribution in [0.3, 0.4) is 0 Å². The highest BCUT2D eigenvalue weighted by atomic mass is 32.1. The van der Waals surface area contributed by atoms with Crippen LogP contribution >= 0.6 is 11.3 Å². The lowest BCUT2D eigenvalue weighted by molar-refractivity contribution is 0.0706. The molecule has 2 N–H and O–H groups in total. The number of carbonyl (C=O) groups is 1. The Hall–Kier alpha value is -3.03. The molecule has 0 unspecified atom stereocenters. The van der Waals surface area contributed by atoms with Gasteiger partial charge in [0.15, 0.2) is 0 Å². The molecule has 5 rings (SSSR count). The van der Waals surface area contributed by atoms with Gasteiger partial charge in [-0.15, -0.1) is 11.3 Å². The third-order valence-electron chi connectivity index (χ3n) is 5.85. The lowest BCUT2D eigenvalue weighted by Crippen LogP contribution is -2.24. The minimum absolute atomic E-state index is 0.127. The van der Waals surface area contributed by atoms with E-state index in [4.69, 9.17) is 10.2 Å². The van der Waals surface area contributed by atoms with E-state index in [0.717, 1.165) is 47.7 Å². The molecular weight excluding hydrogens is 384 g/mol. The van der Waals surface area contributed by atoms with Crippen molar-refractivity contribution in [3.8, 4) is 11.4 Å². The van der Waals surface area contributed by atoms with Crippen LogP contribution in [0.15, 0.2) is 60.2 Å². The molecule has 1 fully saturated rings. The zero-order valence-corrected chi connectivity index (χ0v) is 16.5. The Labute approximate surface area is 171 Å². The lowest BCUT2D eigenvalue weighted by Gasteiger charge is -2.27. The summed E-state index contributed by atoms with van der Waals surface area (Å²) in [6.45, 7) is 0. The maximum Gasteiger partial charge on any atom is 0.274 e. The number of nitrogens with one attached hydrogen (secondary N) is 1. The molecule has 0 atom stereocenters. The standard InChI is InChI=1S/C22H20N4O2S/c27-20(25-28)15-6-8-16(9-7-15)22(10-2-3-11-22)21-24-17(14-29-21)18-13-23-19-5-1-4-12-26(18)19/h1,4-9,12-14,28H,2-3,10-11H2,(H,25,27). The van der Waals surface area contributed by atoms with E-state index in [-0.39, 0.29) is 5.41 Å². The van der Waals surface area contributed by atoms with Gasteiger partial charge in [0.25, 0.3) is 5.91 Å². The van der Waals surface area contributed by atoms with Crippen LogP contribution in [0.4, 0.5) is 0 Å². The topological polar surface area (TPSA) is 79.5 Å². The summed E-state index contributed by atoms with van der Waals surface area (Å²) in [6, 6.07) is 13.5. The highest BCUT2D eigenvalue weighted by Crippen LogP contribution is 2.48. The second-order valence-corrected chi connectivity index (χ2v) is 8.28. The van der Waals surface area contributed by atoms with E-state index in [1.807, 2.05) is 42.7 Å². The fourth-order valence-corrected chi connectivity index (χ4v) is 5.44. The third kappa shape index (κ3) is 2.94. The number of rotatable bonds is 4. The Kier molecular flexibility index (Phi) is 4.41. The monoisotopic (exact) mass is 404 g/mol. The first-order chi connectivity index (χ1) is 14.2. The predicted molar refractivity (Wildman–Crippen MR) is 111 cm³/mol. The van der Waals surface area contributed by atoms with Crippen LogP contribution in [-0.4, -0.2) is 25.5 Å². The normalized spacial score (nSPS) is 15.6. The average molecular weight is 404 g/mol. The number of carbonyl (C=O) groups excluding carboxylic acids is 1. The fraction of sp³-hybridized carbons (Fsp3) is 0.227. The van der Waals surface area contributed by atoms with Crippen molar-refractivity contribution >= 4 is 22.9 Å². The van der Waals surface area contributed by atoms with Crippen LogP contribution in [-0.2, 0) is 5.41 Å². The van der Waals surface area contributed by atoms with Crippen molar-refractivity contribution in [3.63, 3.8) is 0 Å². The molecule has 1 amide bonds. The highest BCUT2D eigenvalue weighted by Gasteiger charge is 2.40. The first-order valence-corrected chi connectivity index (χ1v) is 10.5. The van der Waals surface area contributed by atoms with Gasteiger partial charge in [-0.25, -0.2) is 15.4 Å². The van der Waals surface area contributed by atoms with Gasteiger partial charge >= 0.3 is 0 Å². The van der Waals surface area contributed by atoms with E-state index in [9.17, 15) is 4.79 Å². The summed E-state index contributed by atoms with van der Waals surface area (Å²) in [5.74, 6) is -0.499. The van der Waals surface area contributed by atoms with E-state index >= 15 is 0 Å². The number of benzene rings is 1. The van der Waals surface area contributed by atoms with Crippen LogP contribution in [0.2, 0.25) is 0 Å². The van der Waals surface area contributed by atoms with Crippen LogP contribution in [0.5, 0.6) is 0 Å². The van der Waals surface area contributed by atoms with E-state index in [1.54, 1.807) is 28.9 Å². The summed E-state index contributed by atoms with van der Waals surface area (Å²) in [4.78, 5) is 21.2. The number of amides is 1. The number of hydrogen-bond donors (Lipinski definition) is 2. The van der Waals surface area contributed by atoms with Gasteiger partial charge in [-0.3, -0.25) is 14.4 Å². The SMILES string of the molecule is O=C(NO)c1ccc(C2(c3nc(-c4cnc5ccccn45)cs3)CCCC2)cc1. The molecule has 0 spiro atoms. The van der Waals surface area contributed by atoms with Crippen molar-refractivity contribution in [2.45, 2.75) is 31.1 Å². The summed E-state index contributed by atoms with van der Waals surface area (Å²) in [7, 11) is 0. The van der Waals surface area contributed by atoms with Gasteiger partial charge in [0, 0.05) is 22.6 Å². The molecule has 146 valence electrons. The van der Waals surface area contributed by atoms with Gasteiger partial charge in [-0.05, 0) is 42.7 Å². The van der Waals surface area contributed by atoms with Gasteiger partial charge in [0.2, 0.25) is 0 Å². The number of hydrogen-bond acceptors (Lipinski definition) is 5. The molecule has 29 heavy (non-hydrogen) atoms. The van der Waals surface area contributed by atoms with Crippen molar-refractivity contribution in [1.29, 1.82) is 0 Å². The third-order valence-corrected chi connectivity index (χ3v) is 6.90.